The summed E-state index contributed by atoms with van der Waals surface area (Å²) >= 11 is 0. The molecule has 0 atom stereocenters. The molecule has 0 aliphatic heterocycles. The van der Waals surface area contributed by atoms with Crippen molar-refractivity contribution in [2.75, 3.05) is 24.4 Å². The summed E-state index contributed by atoms with van der Waals surface area (Å²) in [4.78, 5) is 12.6. The standard InChI is InChI=1S/C14H22N5OP/c1-3-21(4-2)9-20-11-5-10(6-11)19-8-18-12-13(15)16-7-17-14(12)19/h7-8,10-11H,3-6,9H2,1-2H3,(H2,15,16,17). The van der Waals surface area contributed by atoms with Gasteiger partial charge in [-0.2, -0.15) is 0 Å². The van der Waals surface area contributed by atoms with E-state index in [-0.39, 0.29) is 7.92 Å². The van der Waals surface area contributed by atoms with Crippen LogP contribution >= 0.6 is 7.92 Å². The molecular weight excluding hydrogens is 285 g/mol. The molecule has 0 saturated heterocycles. The van der Waals surface area contributed by atoms with Crippen molar-refractivity contribution in [3.63, 3.8) is 0 Å². The van der Waals surface area contributed by atoms with Gasteiger partial charge in [0.05, 0.1) is 18.8 Å². The number of nitrogen functional groups attached to an aromatic ring is 1. The third kappa shape index (κ3) is 2.87. The number of rotatable bonds is 6. The van der Waals surface area contributed by atoms with Gasteiger partial charge in [-0.15, -0.1) is 0 Å². The molecule has 0 amide bonds. The van der Waals surface area contributed by atoms with Gasteiger partial charge in [0, 0.05) is 6.04 Å². The van der Waals surface area contributed by atoms with Crippen LogP contribution in [0.5, 0.6) is 0 Å². The van der Waals surface area contributed by atoms with Crippen LogP contribution in [0.3, 0.4) is 0 Å². The van der Waals surface area contributed by atoms with E-state index in [0.717, 1.165) is 24.8 Å². The summed E-state index contributed by atoms with van der Waals surface area (Å²) in [6.07, 6.45) is 9.22. The highest BCUT2D eigenvalue weighted by molar-refractivity contribution is 7.57. The third-order valence-electron chi connectivity index (χ3n) is 4.24. The normalized spacial score (nSPS) is 21.9. The number of fused-ring (bicyclic) bond motifs is 1. The van der Waals surface area contributed by atoms with Gasteiger partial charge >= 0.3 is 0 Å². The number of anilines is 1. The fraction of sp³-hybridized carbons (Fsp3) is 0.643. The van der Waals surface area contributed by atoms with E-state index in [4.69, 9.17) is 10.5 Å². The van der Waals surface area contributed by atoms with E-state index in [1.54, 1.807) is 0 Å². The molecule has 0 aromatic carbocycles. The summed E-state index contributed by atoms with van der Waals surface area (Å²) in [6, 6.07) is 0.420. The van der Waals surface area contributed by atoms with Crippen LogP contribution in [0.1, 0.15) is 32.7 Å². The molecule has 114 valence electrons. The Kier molecular flexibility index (Phi) is 4.36. The van der Waals surface area contributed by atoms with Crippen molar-refractivity contribution in [1.82, 2.24) is 19.5 Å². The Bertz CT molecular complexity index is 606. The van der Waals surface area contributed by atoms with Gasteiger partial charge in [-0.1, -0.05) is 21.8 Å². The maximum absolute atomic E-state index is 6.02. The molecule has 1 aliphatic rings. The van der Waals surface area contributed by atoms with Crippen LogP contribution in [-0.4, -0.2) is 44.3 Å². The van der Waals surface area contributed by atoms with Crippen molar-refractivity contribution < 1.29 is 4.74 Å². The van der Waals surface area contributed by atoms with E-state index < -0.39 is 0 Å². The van der Waals surface area contributed by atoms with Crippen molar-refractivity contribution in [1.29, 1.82) is 0 Å². The number of imidazole rings is 1. The SMILES string of the molecule is CCP(CC)COC1CC(n2cnc3c(N)ncnc32)C1. The topological polar surface area (TPSA) is 78.9 Å². The van der Waals surface area contributed by atoms with E-state index >= 15 is 0 Å². The van der Waals surface area contributed by atoms with Gasteiger partial charge in [0.25, 0.3) is 0 Å². The van der Waals surface area contributed by atoms with E-state index in [1.807, 2.05) is 6.33 Å². The zero-order valence-corrected chi connectivity index (χ0v) is 13.5. The number of ether oxygens (including phenoxy) is 1. The largest absolute Gasteiger partial charge is 0.382 e. The Labute approximate surface area is 125 Å². The molecule has 0 radical (unpaired) electrons. The van der Waals surface area contributed by atoms with Crippen LogP contribution in [0.25, 0.3) is 11.2 Å². The minimum absolute atomic E-state index is 0.0691. The first-order valence-electron chi connectivity index (χ1n) is 7.49. The van der Waals surface area contributed by atoms with Gasteiger partial charge in [-0.25, -0.2) is 15.0 Å². The van der Waals surface area contributed by atoms with Gasteiger partial charge in [-0.3, -0.25) is 0 Å². The molecule has 0 spiro atoms. The first kappa shape index (κ1) is 14.7. The second kappa shape index (κ2) is 6.24. The zero-order chi connectivity index (χ0) is 14.8. The summed E-state index contributed by atoms with van der Waals surface area (Å²) < 4.78 is 8.13. The lowest BCUT2D eigenvalue weighted by molar-refractivity contribution is -0.00257. The Hall–Kier alpha value is -1.26. The fourth-order valence-electron chi connectivity index (χ4n) is 2.66. The number of nitrogens with zero attached hydrogens (tertiary/aromatic N) is 4. The number of hydrogen-bond acceptors (Lipinski definition) is 5. The van der Waals surface area contributed by atoms with Crippen molar-refractivity contribution in [2.24, 2.45) is 0 Å². The molecule has 1 saturated carbocycles. The first-order valence-corrected chi connectivity index (χ1v) is 9.39. The van der Waals surface area contributed by atoms with Crippen LogP contribution in [0.4, 0.5) is 5.82 Å². The lowest BCUT2D eigenvalue weighted by atomic mass is 9.89. The average molecular weight is 307 g/mol. The molecule has 1 fully saturated rings. The van der Waals surface area contributed by atoms with Gasteiger partial charge in [0.2, 0.25) is 0 Å². The molecule has 0 unspecified atom stereocenters. The average Bonchev–Trinajstić information content (AvgIpc) is 2.87. The molecule has 7 heteroatoms. The fourth-order valence-corrected chi connectivity index (χ4v) is 3.89. The van der Waals surface area contributed by atoms with Crippen LogP contribution in [0, 0.1) is 0 Å². The van der Waals surface area contributed by atoms with Crippen molar-refractivity contribution >= 4 is 24.9 Å². The minimum Gasteiger partial charge on any atom is -0.382 e. The smallest absolute Gasteiger partial charge is 0.165 e. The summed E-state index contributed by atoms with van der Waals surface area (Å²) in [5, 5.41) is 0. The molecule has 6 nitrogen and oxygen atoms in total. The Morgan fingerprint density at radius 1 is 1.29 bits per heavy atom. The monoisotopic (exact) mass is 307 g/mol. The Morgan fingerprint density at radius 2 is 2.05 bits per heavy atom. The molecule has 2 aromatic rings. The Balaban J connectivity index is 1.59. The predicted octanol–water partition coefficient (Wildman–Crippen LogP) is 2.61. The van der Waals surface area contributed by atoms with E-state index in [0.29, 0.717) is 23.5 Å². The van der Waals surface area contributed by atoms with Crippen molar-refractivity contribution in [3.8, 4) is 0 Å². The lowest BCUT2D eigenvalue weighted by Gasteiger charge is -2.36. The predicted molar refractivity (Wildman–Crippen MR) is 85.7 cm³/mol. The molecule has 21 heavy (non-hydrogen) atoms. The minimum atomic E-state index is 0.0691. The highest BCUT2D eigenvalue weighted by atomic mass is 31.1. The molecule has 2 aromatic heterocycles. The van der Waals surface area contributed by atoms with Crippen LogP contribution in [0.15, 0.2) is 12.7 Å². The zero-order valence-electron chi connectivity index (χ0n) is 12.6. The van der Waals surface area contributed by atoms with Gasteiger partial charge in [0.15, 0.2) is 11.5 Å². The highest BCUT2D eigenvalue weighted by Crippen LogP contribution is 2.40. The molecule has 0 bridgehead atoms. The maximum Gasteiger partial charge on any atom is 0.165 e. The highest BCUT2D eigenvalue weighted by Gasteiger charge is 2.32. The second-order valence-electron chi connectivity index (χ2n) is 5.43. The maximum atomic E-state index is 6.02. The summed E-state index contributed by atoms with van der Waals surface area (Å²) in [6.45, 7) is 4.51. The number of hydrogen-bond donors (Lipinski definition) is 1. The van der Waals surface area contributed by atoms with E-state index in [1.165, 1.54) is 18.7 Å². The summed E-state index contributed by atoms with van der Waals surface area (Å²) in [5.74, 6) is 0.447. The second-order valence-corrected chi connectivity index (χ2v) is 8.29. The molecule has 2 N–H and O–H groups in total. The van der Waals surface area contributed by atoms with E-state index in [2.05, 4.69) is 33.4 Å². The van der Waals surface area contributed by atoms with Crippen LogP contribution in [0.2, 0.25) is 0 Å². The summed E-state index contributed by atoms with van der Waals surface area (Å²) in [5.41, 5.74) is 7.34. The molecule has 3 rings (SSSR count). The Morgan fingerprint density at radius 3 is 2.76 bits per heavy atom. The quantitative estimate of drug-likeness (QED) is 0.830. The van der Waals surface area contributed by atoms with Crippen LogP contribution < -0.4 is 5.73 Å². The van der Waals surface area contributed by atoms with Crippen molar-refractivity contribution in [3.05, 3.63) is 12.7 Å². The summed E-state index contributed by atoms with van der Waals surface area (Å²) in [7, 11) is 0.0691. The molecule has 1 aliphatic carbocycles. The third-order valence-corrected chi connectivity index (χ3v) is 6.54. The van der Waals surface area contributed by atoms with Gasteiger partial charge in [0.1, 0.15) is 11.8 Å². The van der Waals surface area contributed by atoms with Crippen molar-refractivity contribution in [2.45, 2.75) is 38.8 Å². The molecule has 2 heterocycles. The van der Waals surface area contributed by atoms with Crippen LogP contribution in [-0.2, 0) is 4.74 Å². The number of nitrogens with two attached hydrogens (primary N) is 1. The first-order chi connectivity index (χ1) is 10.2. The lowest BCUT2D eigenvalue weighted by Crippen LogP contribution is -2.33. The molecular formula is C14H22N5OP. The van der Waals surface area contributed by atoms with E-state index in [9.17, 15) is 0 Å². The van der Waals surface area contributed by atoms with Gasteiger partial charge < -0.3 is 15.0 Å². The van der Waals surface area contributed by atoms with Gasteiger partial charge in [-0.05, 0) is 25.2 Å². The number of aromatic nitrogens is 4.